The molecule has 0 radical (unpaired) electrons. The van der Waals surface area contributed by atoms with Crippen LogP contribution >= 0.6 is 11.3 Å². The first kappa shape index (κ1) is 13.0. The Kier molecular flexibility index (Phi) is 2.85. The predicted molar refractivity (Wildman–Crippen MR) is 89.0 cm³/mol. The van der Waals surface area contributed by atoms with Gasteiger partial charge in [-0.15, -0.1) is 5.10 Å². The molecule has 8 heteroatoms. The van der Waals surface area contributed by atoms with Crippen molar-refractivity contribution in [1.82, 2.24) is 24.8 Å². The number of fused-ring (bicyclic) bond motifs is 2. The van der Waals surface area contributed by atoms with Gasteiger partial charge in [0.2, 0.25) is 10.1 Å². The van der Waals surface area contributed by atoms with Gasteiger partial charge in [0, 0.05) is 24.0 Å². The maximum atomic E-state index is 5.41. The third-order valence-corrected chi connectivity index (χ3v) is 5.10. The molecule has 0 aliphatic carbocycles. The van der Waals surface area contributed by atoms with Crippen molar-refractivity contribution in [2.75, 3.05) is 31.2 Å². The largest absolute Gasteiger partial charge is 0.378 e. The summed E-state index contributed by atoms with van der Waals surface area (Å²) in [6, 6.07) is 6.11. The monoisotopic (exact) mass is 326 g/mol. The molecule has 0 saturated carbocycles. The van der Waals surface area contributed by atoms with Gasteiger partial charge in [0.05, 0.1) is 36.8 Å². The fraction of sp³-hybridized carbons (Fsp3) is 0.267. The lowest BCUT2D eigenvalue weighted by molar-refractivity contribution is 0.122. The number of hydrogen-bond donors (Lipinski definition) is 1. The molecule has 5 rings (SSSR count). The number of H-pyrrole nitrogens is 1. The third-order valence-electron chi connectivity index (χ3n) is 4.12. The van der Waals surface area contributed by atoms with E-state index >= 15 is 0 Å². The standard InChI is InChI=1S/C15H14N6OS/c1-2-10(11-8-17-18-12(11)3-1)13-9-16-14-21(13)19-15(23-14)20-4-6-22-7-5-20/h1-3,8-9H,4-7H2,(H,17,18). The van der Waals surface area contributed by atoms with Crippen molar-refractivity contribution >= 4 is 32.3 Å². The third kappa shape index (κ3) is 2.02. The average Bonchev–Trinajstić information content (AvgIpc) is 3.30. The van der Waals surface area contributed by atoms with Gasteiger partial charge in [-0.3, -0.25) is 5.10 Å². The van der Waals surface area contributed by atoms with Crippen molar-refractivity contribution in [1.29, 1.82) is 0 Å². The zero-order valence-corrected chi connectivity index (χ0v) is 13.1. The van der Waals surface area contributed by atoms with Crippen LogP contribution in [-0.2, 0) is 4.74 Å². The quantitative estimate of drug-likeness (QED) is 0.611. The second kappa shape index (κ2) is 5.04. The van der Waals surface area contributed by atoms with Crippen molar-refractivity contribution < 1.29 is 4.74 Å². The van der Waals surface area contributed by atoms with E-state index in [-0.39, 0.29) is 0 Å². The summed E-state index contributed by atoms with van der Waals surface area (Å²) < 4.78 is 7.34. The van der Waals surface area contributed by atoms with Gasteiger partial charge in [0.15, 0.2) is 0 Å². The highest BCUT2D eigenvalue weighted by molar-refractivity contribution is 7.20. The number of benzene rings is 1. The Balaban J connectivity index is 1.64. The lowest BCUT2D eigenvalue weighted by Gasteiger charge is -2.25. The number of hydrogen-bond acceptors (Lipinski definition) is 6. The van der Waals surface area contributed by atoms with Crippen LogP contribution in [0.3, 0.4) is 0 Å². The Labute approximate surface area is 135 Å². The molecule has 1 fully saturated rings. The summed E-state index contributed by atoms with van der Waals surface area (Å²) in [6.45, 7) is 3.26. The van der Waals surface area contributed by atoms with Crippen LogP contribution in [-0.4, -0.2) is 51.1 Å². The number of morpholine rings is 1. The van der Waals surface area contributed by atoms with Gasteiger partial charge in [-0.25, -0.2) is 9.50 Å². The number of anilines is 1. The molecule has 23 heavy (non-hydrogen) atoms. The van der Waals surface area contributed by atoms with Crippen LogP contribution in [0, 0.1) is 0 Å². The molecule has 1 saturated heterocycles. The van der Waals surface area contributed by atoms with Crippen LogP contribution in [0.25, 0.3) is 27.1 Å². The molecule has 0 atom stereocenters. The number of aromatic amines is 1. The van der Waals surface area contributed by atoms with Crippen molar-refractivity contribution in [3.63, 3.8) is 0 Å². The molecule has 1 aliphatic rings. The van der Waals surface area contributed by atoms with Gasteiger partial charge in [-0.1, -0.05) is 23.5 Å². The minimum atomic E-state index is 0.753. The molecule has 116 valence electrons. The van der Waals surface area contributed by atoms with Crippen molar-refractivity contribution in [3.05, 3.63) is 30.6 Å². The van der Waals surface area contributed by atoms with Crippen LogP contribution in [0.5, 0.6) is 0 Å². The number of nitrogens with one attached hydrogen (secondary N) is 1. The molecule has 1 aromatic carbocycles. The molecular weight excluding hydrogens is 312 g/mol. The molecule has 0 spiro atoms. The van der Waals surface area contributed by atoms with E-state index in [1.165, 1.54) is 0 Å². The van der Waals surface area contributed by atoms with Crippen molar-refractivity contribution in [2.45, 2.75) is 0 Å². The first-order valence-electron chi connectivity index (χ1n) is 7.50. The lowest BCUT2D eigenvalue weighted by Crippen LogP contribution is -2.36. The van der Waals surface area contributed by atoms with Crippen LogP contribution in [0.4, 0.5) is 5.13 Å². The number of aromatic nitrogens is 5. The molecule has 1 aliphatic heterocycles. The van der Waals surface area contributed by atoms with Gasteiger partial charge in [0.1, 0.15) is 0 Å². The van der Waals surface area contributed by atoms with Crippen molar-refractivity contribution in [3.8, 4) is 11.3 Å². The topological polar surface area (TPSA) is 71.3 Å². The first-order chi connectivity index (χ1) is 11.4. The summed E-state index contributed by atoms with van der Waals surface area (Å²) in [5, 5.41) is 14.0. The minimum absolute atomic E-state index is 0.753. The molecule has 4 heterocycles. The number of ether oxygens (including phenoxy) is 1. The van der Waals surface area contributed by atoms with E-state index in [4.69, 9.17) is 9.84 Å². The zero-order chi connectivity index (χ0) is 15.2. The number of rotatable bonds is 2. The van der Waals surface area contributed by atoms with E-state index in [9.17, 15) is 0 Å². The highest BCUT2D eigenvalue weighted by atomic mass is 32.1. The Hall–Kier alpha value is -2.45. The summed E-state index contributed by atoms with van der Waals surface area (Å²) in [5.41, 5.74) is 3.09. The molecule has 4 aromatic rings. The number of nitrogens with zero attached hydrogens (tertiary/aromatic N) is 5. The van der Waals surface area contributed by atoms with E-state index in [0.717, 1.165) is 58.6 Å². The SMILES string of the molecule is c1cc(-c2cnc3sc(N4CCOCC4)nn23)c2cn[nH]c2c1. The molecule has 7 nitrogen and oxygen atoms in total. The van der Waals surface area contributed by atoms with Gasteiger partial charge in [0.25, 0.3) is 0 Å². The highest BCUT2D eigenvalue weighted by Crippen LogP contribution is 2.31. The average molecular weight is 326 g/mol. The second-order valence-electron chi connectivity index (χ2n) is 5.46. The summed E-state index contributed by atoms with van der Waals surface area (Å²) in [6.07, 6.45) is 3.73. The highest BCUT2D eigenvalue weighted by Gasteiger charge is 2.19. The van der Waals surface area contributed by atoms with E-state index in [1.807, 2.05) is 29.0 Å². The van der Waals surface area contributed by atoms with E-state index in [2.05, 4.69) is 26.1 Å². The smallest absolute Gasteiger partial charge is 0.214 e. The zero-order valence-electron chi connectivity index (χ0n) is 12.3. The molecule has 0 bridgehead atoms. The van der Waals surface area contributed by atoms with Crippen LogP contribution in [0.2, 0.25) is 0 Å². The van der Waals surface area contributed by atoms with Gasteiger partial charge in [-0.2, -0.15) is 5.10 Å². The summed E-state index contributed by atoms with van der Waals surface area (Å²) in [5.74, 6) is 0. The normalized spacial score (nSPS) is 15.7. The Morgan fingerprint density at radius 2 is 2.09 bits per heavy atom. The minimum Gasteiger partial charge on any atom is -0.378 e. The maximum absolute atomic E-state index is 5.41. The van der Waals surface area contributed by atoms with Crippen LogP contribution in [0.15, 0.2) is 30.6 Å². The first-order valence-corrected chi connectivity index (χ1v) is 8.31. The second-order valence-corrected chi connectivity index (χ2v) is 6.39. The molecule has 0 unspecified atom stereocenters. The van der Waals surface area contributed by atoms with Crippen molar-refractivity contribution in [2.24, 2.45) is 0 Å². The van der Waals surface area contributed by atoms with E-state index in [0.29, 0.717) is 0 Å². The van der Waals surface area contributed by atoms with E-state index in [1.54, 1.807) is 11.3 Å². The Morgan fingerprint density at radius 3 is 3.00 bits per heavy atom. The lowest BCUT2D eigenvalue weighted by atomic mass is 10.1. The Bertz CT molecular complexity index is 980. The molecule has 0 amide bonds. The molecule has 3 aromatic heterocycles. The van der Waals surface area contributed by atoms with E-state index < -0.39 is 0 Å². The molecular formula is C15H14N6OS. The van der Waals surface area contributed by atoms with Gasteiger partial charge >= 0.3 is 0 Å². The summed E-state index contributed by atoms with van der Waals surface area (Å²) in [4.78, 5) is 7.69. The number of imidazole rings is 1. The fourth-order valence-electron chi connectivity index (χ4n) is 2.94. The summed E-state index contributed by atoms with van der Waals surface area (Å²) in [7, 11) is 0. The maximum Gasteiger partial charge on any atom is 0.214 e. The Morgan fingerprint density at radius 1 is 1.17 bits per heavy atom. The van der Waals surface area contributed by atoms with Crippen LogP contribution < -0.4 is 4.90 Å². The summed E-state index contributed by atoms with van der Waals surface area (Å²) >= 11 is 1.61. The predicted octanol–water partition coefficient (Wildman–Crippen LogP) is 2.17. The van der Waals surface area contributed by atoms with Gasteiger partial charge in [-0.05, 0) is 6.07 Å². The van der Waals surface area contributed by atoms with Gasteiger partial charge < -0.3 is 9.64 Å². The van der Waals surface area contributed by atoms with Crippen LogP contribution in [0.1, 0.15) is 0 Å². The fourth-order valence-corrected chi connectivity index (χ4v) is 3.87. The molecule has 1 N–H and O–H groups in total.